The van der Waals surface area contributed by atoms with E-state index in [4.69, 9.17) is 5.73 Å². The van der Waals surface area contributed by atoms with Gasteiger partial charge in [-0.15, -0.1) is 0 Å². The van der Waals surface area contributed by atoms with Crippen LogP contribution in [-0.4, -0.2) is 22.6 Å². The quantitative estimate of drug-likeness (QED) is 0.589. The van der Waals surface area contributed by atoms with Crippen molar-refractivity contribution < 1.29 is 5.11 Å². The zero-order chi connectivity index (χ0) is 11.1. The highest BCUT2D eigenvalue weighted by atomic mass is 16.3. The van der Waals surface area contributed by atoms with Gasteiger partial charge in [-0.3, -0.25) is 4.90 Å². The molecule has 2 fully saturated rings. The third kappa shape index (κ3) is 1.65. The molecule has 16 heavy (non-hydrogen) atoms. The van der Waals surface area contributed by atoms with Crippen molar-refractivity contribution in [1.82, 2.24) is 4.90 Å². The van der Waals surface area contributed by atoms with E-state index in [0.29, 0.717) is 5.69 Å². The van der Waals surface area contributed by atoms with Crippen molar-refractivity contribution in [1.29, 1.82) is 0 Å². The number of aromatic hydroxyl groups is 1. The van der Waals surface area contributed by atoms with Crippen molar-refractivity contribution in [3.8, 4) is 5.75 Å². The Morgan fingerprint density at radius 1 is 1.38 bits per heavy atom. The first-order valence-corrected chi connectivity index (χ1v) is 6.04. The van der Waals surface area contributed by atoms with Gasteiger partial charge in [0.05, 0.1) is 5.69 Å². The molecule has 2 unspecified atom stereocenters. The van der Waals surface area contributed by atoms with E-state index in [9.17, 15) is 5.11 Å². The average molecular weight is 218 g/mol. The summed E-state index contributed by atoms with van der Waals surface area (Å²) in [5.74, 6) is 1.12. The number of likely N-dealkylation sites (tertiary alicyclic amines) is 1. The lowest BCUT2D eigenvalue weighted by Crippen LogP contribution is -2.31. The second-order valence-electron chi connectivity index (χ2n) is 5.16. The Labute approximate surface area is 95.9 Å². The van der Waals surface area contributed by atoms with Gasteiger partial charge in [-0.2, -0.15) is 0 Å². The maximum atomic E-state index is 9.37. The molecule has 1 aliphatic heterocycles. The summed E-state index contributed by atoms with van der Waals surface area (Å²) in [5, 5.41) is 9.37. The lowest BCUT2D eigenvalue weighted by Gasteiger charge is -2.26. The van der Waals surface area contributed by atoms with Gasteiger partial charge in [-0.05, 0) is 42.9 Å². The molecule has 3 heteroatoms. The molecule has 1 aliphatic carbocycles. The molecule has 3 nitrogen and oxygen atoms in total. The predicted molar refractivity (Wildman–Crippen MR) is 64.1 cm³/mol. The van der Waals surface area contributed by atoms with Crippen molar-refractivity contribution in [2.75, 3.05) is 12.3 Å². The summed E-state index contributed by atoms with van der Waals surface area (Å²) in [6.45, 7) is 2.22. The molecule has 2 aliphatic rings. The summed E-state index contributed by atoms with van der Waals surface area (Å²) in [4.78, 5) is 2.56. The Balaban J connectivity index is 1.72. The van der Waals surface area contributed by atoms with Gasteiger partial charge in [-0.1, -0.05) is 6.07 Å². The van der Waals surface area contributed by atoms with E-state index in [1.807, 2.05) is 12.1 Å². The first-order valence-electron chi connectivity index (χ1n) is 6.04. The van der Waals surface area contributed by atoms with Crippen LogP contribution in [0.1, 0.15) is 24.8 Å². The van der Waals surface area contributed by atoms with Gasteiger partial charge in [0.15, 0.2) is 0 Å². The molecule has 86 valence electrons. The Morgan fingerprint density at radius 2 is 2.25 bits per heavy atom. The van der Waals surface area contributed by atoms with Crippen LogP contribution in [-0.2, 0) is 6.54 Å². The fourth-order valence-corrected chi connectivity index (χ4v) is 3.16. The highest BCUT2D eigenvalue weighted by molar-refractivity contribution is 5.53. The molecule has 1 saturated heterocycles. The van der Waals surface area contributed by atoms with Gasteiger partial charge >= 0.3 is 0 Å². The van der Waals surface area contributed by atoms with Crippen molar-refractivity contribution in [3.05, 3.63) is 23.8 Å². The molecule has 0 aromatic heterocycles. The lowest BCUT2D eigenvalue weighted by molar-refractivity contribution is 0.205. The second kappa shape index (κ2) is 3.67. The van der Waals surface area contributed by atoms with Crippen LogP contribution in [0.3, 0.4) is 0 Å². The molecule has 3 rings (SSSR count). The highest BCUT2D eigenvalue weighted by Gasteiger charge is 2.37. The molecular formula is C13H18N2O. The number of hydrogen-bond acceptors (Lipinski definition) is 3. The fraction of sp³-hybridized carbons (Fsp3) is 0.538. The van der Waals surface area contributed by atoms with E-state index < -0.39 is 0 Å². The van der Waals surface area contributed by atoms with Crippen molar-refractivity contribution in [3.63, 3.8) is 0 Å². The van der Waals surface area contributed by atoms with E-state index in [1.165, 1.54) is 31.4 Å². The van der Waals surface area contributed by atoms with E-state index in [0.717, 1.165) is 18.5 Å². The molecular weight excluding hydrogens is 200 g/mol. The molecule has 1 saturated carbocycles. The number of nitrogen functional groups attached to an aromatic ring is 1. The molecule has 1 aromatic carbocycles. The Morgan fingerprint density at radius 3 is 2.88 bits per heavy atom. The van der Waals surface area contributed by atoms with Gasteiger partial charge in [0, 0.05) is 19.1 Å². The number of phenolic OH excluding ortho intramolecular Hbond substituents is 1. The topological polar surface area (TPSA) is 49.5 Å². The average Bonchev–Trinajstić information content (AvgIpc) is 2.85. The van der Waals surface area contributed by atoms with Crippen LogP contribution in [0.5, 0.6) is 5.75 Å². The van der Waals surface area contributed by atoms with Gasteiger partial charge < -0.3 is 10.8 Å². The molecule has 1 heterocycles. The zero-order valence-electron chi connectivity index (χ0n) is 9.39. The van der Waals surface area contributed by atoms with Gasteiger partial charge in [-0.25, -0.2) is 0 Å². The molecule has 0 radical (unpaired) electrons. The Kier molecular flexibility index (Phi) is 2.28. The van der Waals surface area contributed by atoms with Crippen molar-refractivity contribution >= 4 is 5.69 Å². The van der Waals surface area contributed by atoms with E-state index in [-0.39, 0.29) is 5.75 Å². The minimum atomic E-state index is 0.187. The number of nitrogens with zero attached hydrogens (tertiary/aromatic N) is 1. The molecule has 0 spiro atoms. The van der Waals surface area contributed by atoms with Crippen LogP contribution < -0.4 is 5.73 Å². The van der Waals surface area contributed by atoms with Crippen molar-refractivity contribution in [2.24, 2.45) is 5.92 Å². The van der Waals surface area contributed by atoms with Crippen molar-refractivity contribution in [2.45, 2.75) is 31.8 Å². The number of piperidine rings is 1. The maximum Gasteiger partial charge on any atom is 0.138 e. The summed E-state index contributed by atoms with van der Waals surface area (Å²) in [7, 11) is 0. The Hall–Kier alpha value is -1.22. The first-order chi connectivity index (χ1) is 7.72. The van der Waals surface area contributed by atoms with Gasteiger partial charge in [0.25, 0.3) is 0 Å². The molecule has 1 aromatic rings. The second-order valence-corrected chi connectivity index (χ2v) is 5.16. The largest absolute Gasteiger partial charge is 0.506 e. The van der Waals surface area contributed by atoms with Gasteiger partial charge in [0.1, 0.15) is 5.75 Å². The van der Waals surface area contributed by atoms with E-state index in [2.05, 4.69) is 4.90 Å². The molecule has 0 amide bonds. The molecule has 3 N–H and O–H groups in total. The summed E-state index contributed by atoms with van der Waals surface area (Å²) < 4.78 is 0. The Bertz CT molecular complexity index is 405. The highest BCUT2D eigenvalue weighted by Crippen LogP contribution is 2.38. The SMILES string of the molecule is Nc1cc(CN2CC3CCC2C3)ccc1O. The molecule has 2 bridgehead atoms. The first kappa shape index (κ1) is 9.97. The monoisotopic (exact) mass is 218 g/mol. The number of anilines is 1. The normalized spacial score (nSPS) is 28.8. The number of rotatable bonds is 2. The fourth-order valence-electron chi connectivity index (χ4n) is 3.16. The third-order valence-corrected chi connectivity index (χ3v) is 4.00. The minimum absolute atomic E-state index is 0.187. The van der Waals surface area contributed by atoms with Crippen LogP contribution in [0.4, 0.5) is 5.69 Å². The summed E-state index contributed by atoms with van der Waals surface area (Å²) >= 11 is 0. The van der Waals surface area contributed by atoms with Crippen LogP contribution in [0.2, 0.25) is 0 Å². The van der Waals surface area contributed by atoms with Gasteiger partial charge in [0.2, 0.25) is 0 Å². The number of phenols is 1. The third-order valence-electron chi connectivity index (χ3n) is 4.00. The predicted octanol–water partition coefficient (Wildman–Crippen LogP) is 1.96. The van der Waals surface area contributed by atoms with Crippen LogP contribution in [0.15, 0.2) is 18.2 Å². The maximum absolute atomic E-state index is 9.37. The number of nitrogens with two attached hydrogens (primary N) is 1. The van der Waals surface area contributed by atoms with E-state index >= 15 is 0 Å². The number of fused-ring (bicyclic) bond motifs is 2. The zero-order valence-corrected chi connectivity index (χ0v) is 9.39. The number of hydrogen-bond donors (Lipinski definition) is 2. The minimum Gasteiger partial charge on any atom is -0.506 e. The number of benzene rings is 1. The summed E-state index contributed by atoms with van der Waals surface area (Å²) in [5.41, 5.74) is 7.40. The summed E-state index contributed by atoms with van der Waals surface area (Å²) in [6, 6.07) is 6.35. The summed E-state index contributed by atoms with van der Waals surface area (Å²) in [6.07, 6.45) is 4.16. The molecule has 2 atom stereocenters. The van der Waals surface area contributed by atoms with Crippen LogP contribution in [0.25, 0.3) is 0 Å². The standard InChI is InChI=1S/C13H18N2O/c14-12-6-10(2-4-13(12)16)8-15-7-9-1-3-11(15)5-9/h2,4,6,9,11,16H,1,3,5,7-8,14H2. The van der Waals surface area contributed by atoms with Crippen LogP contribution in [0, 0.1) is 5.92 Å². The van der Waals surface area contributed by atoms with E-state index in [1.54, 1.807) is 6.07 Å². The smallest absolute Gasteiger partial charge is 0.138 e. The lowest BCUT2D eigenvalue weighted by atomic mass is 10.1. The van der Waals surface area contributed by atoms with Crippen LogP contribution >= 0.6 is 0 Å².